The summed E-state index contributed by atoms with van der Waals surface area (Å²) in [5, 5.41) is 0. The minimum Gasteiger partial charge on any atom is -0.462 e. The van der Waals surface area contributed by atoms with Crippen LogP contribution in [0.1, 0.15) is 252 Å². The normalized spacial score (nSPS) is 13.2. The number of carbonyl (C=O) groups excluding carboxylic acids is 3. The second-order valence-electron chi connectivity index (χ2n) is 19.5. The van der Waals surface area contributed by atoms with Crippen molar-refractivity contribution >= 4 is 17.9 Å². The molecule has 0 saturated heterocycles. The Bertz CT molecular complexity index is 1660. The Morgan fingerprint density at radius 1 is 0.280 bits per heavy atom. The molecule has 0 amide bonds. The molecule has 0 aromatic carbocycles. The van der Waals surface area contributed by atoms with Gasteiger partial charge in [0, 0.05) is 19.3 Å². The van der Waals surface area contributed by atoms with Crippen LogP contribution in [0.3, 0.4) is 0 Å². The van der Waals surface area contributed by atoms with Crippen molar-refractivity contribution in [3.63, 3.8) is 0 Å². The average molecular weight is 1040 g/mol. The first-order valence-corrected chi connectivity index (χ1v) is 30.3. The summed E-state index contributed by atoms with van der Waals surface area (Å²) < 4.78 is 16.7. The third-order valence-corrected chi connectivity index (χ3v) is 12.3. The molecule has 1 unspecified atom stereocenters. The summed E-state index contributed by atoms with van der Waals surface area (Å²) in [6, 6.07) is 0. The van der Waals surface area contributed by atoms with E-state index in [0.717, 1.165) is 173 Å². The highest BCUT2D eigenvalue weighted by molar-refractivity contribution is 5.71. The molecule has 0 aliphatic carbocycles. The lowest BCUT2D eigenvalue weighted by molar-refractivity contribution is -0.167. The molecule has 422 valence electrons. The molecule has 6 nitrogen and oxygen atoms in total. The molecule has 0 N–H and O–H groups in total. The van der Waals surface area contributed by atoms with Gasteiger partial charge >= 0.3 is 17.9 Å². The van der Waals surface area contributed by atoms with Gasteiger partial charge in [0.1, 0.15) is 13.2 Å². The largest absolute Gasteiger partial charge is 0.462 e. The number of hydrogen-bond donors (Lipinski definition) is 0. The van der Waals surface area contributed by atoms with Crippen molar-refractivity contribution < 1.29 is 28.6 Å². The van der Waals surface area contributed by atoms with Gasteiger partial charge in [0.05, 0.1) is 0 Å². The molecule has 0 spiro atoms. The van der Waals surface area contributed by atoms with Crippen LogP contribution in [0.25, 0.3) is 0 Å². The molecular formula is C69H110O6. The Balaban J connectivity index is 4.18. The van der Waals surface area contributed by atoms with E-state index < -0.39 is 6.10 Å². The summed E-state index contributed by atoms with van der Waals surface area (Å²) in [5.41, 5.74) is 0. The number of esters is 3. The Morgan fingerprint density at radius 3 is 0.813 bits per heavy atom. The van der Waals surface area contributed by atoms with Crippen LogP contribution in [0.4, 0.5) is 0 Å². The highest BCUT2D eigenvalue weighted by Gasteiger charge is 2.19. The maximum atomic E-state index is 12.8. The molecule has 0 saturated carbocycles. The second kappa shape index (κ2) is 61.8. The summed E-state index contributed by atoms with van der Waals surface area (Å²) in [6.07, 6.45) is 88.9. The van der Waals surface area contributed by atoms with Crippen LogP contribution in [0.5, 0.6) is 0 Å². The topological polar surface area (TPSA) is 78.9 Å². The monoisotopic (exact) mass is 1030 g/mol. The van der Waals surface area contributed by atoms with Crippen molar-refractivity contribution in [2.75, 3.05) is 13.2 Å². The summed E-state index contributed by atoms with van der Waals surface area (Å²) in [7, 11) is 0. The first-order chi connectivity index (χ1) is 37.0. The van der Waals surface area contributed by atoms with Crippen molar-refractivity contribution in [3.05, 3.63) is 146 Å². The molecule has 0 rings (SSSR count). The Labute approximate surface area is 461 Å². The molecule has 0 fully saturated rings. The van der Waals surface area contributed by atoms with Gasteiger partial charge in [-0.1, -0.05) is 256 Å². The van der Waals surface area contributed by atoms with E-state index in [9.17, 15) is 14.4 Å². The fourth-order valence-corrected chi connectivity index (χ4v) is 7.86. The van der Waals surface area contributed by atoms with Crippen molar-refractivity contribution in [2.45, 2.75) is 258 Å². The van der Waals surface area contributed by atoms with Crippen LogP contribution < -0.4 is 0 Å². The van der Waals surface area contributed by atoms with Crippen molar-refractivity contribution in [3.8, 4) is 0 Å². The van der Waals surface area contributed by atoms with Gasteiger partial charge < -0.3 is 14.2 Å². The van der Waals surface area contributed by atoms with Crippen LogP contribution in [0, 0.1) is 0 Å². The molecule has 0 aromatic rings. The first-order valence-electron chi connectivity index (χ1n) is 30.3. The standard InChI is InChI=1S/C69H110O6/c1-4-7-10-13-15-17-19-21-23-25-27-29-31-33-34-36-37-39-41-43-45-47-49-51-53-56-59-62-68(71)74-65-66(64-73-67(70)61-58-55-12-9-6-3)75-69(72)63-60-57-54-52-50-48-46-44-42-40-38-35-32-30-28-26-24-22-20-18-16-14-11-8-5-2/h7-8,10-11,15-18,21-24,27-30,33-35,37-39,43,45,66H,4-6,9,12-14,19-20,25-26,31-32,36,40-42,44,46-65H2,1-3H3/b10-7-,11-8-,17-15-,18-16-,23-21-,24-22-,29-27-,30-28-,34-33-,38-35-,39-37-,45-43-. The van der Waals surface area contributed by atoms with Crippen LogP contribution in [0.2, 0.25) is 0 Å². The van der Waals surface area contributed by atoms with E-state index in [0.29, 0.717) is 19.3 Å². The van der Waals surface area contributed by atoms with Gasteiger partial charge in [0.25, 0.3) is 0 Å². The summed E-state index contributed by atoms with van der Waals surface area (Å²) >= 11 is 0. The maximum absolute atomic E-state index is 12.8. The number of unbranched alkanes of at least 4 members (excludes halogenated alkanes) is 18. The van der Waals surface area contributed by atoms with Crippen molar-refractivity contribution in [2.24, 2.45) is 0 Å². The van der Waals surface area contributed by atoms with Gasteiger partial charge in [-0.15, -0.1) is 0 Å². The molecule has 0 bridgehead atoms. The third kappa shape index (κ3) is 60.0. The summed E-state index contributed by atoms with van der Waals surface area (Å²) in [4.78, 5) is 37.9. The number of allylic oxidation sites excluding steroid dienone is 24. The van der Waals surface area contributed by atoms with E-state index in [4.69, 9.17) is 14.2 Å². The lowest BCUT2D eigenvalue weighted by Gasteiger charge is -2.18. The number of ether oxygens (including phenoxy) is 3. The van der Waals surface area contributed by atoms with E-state index in [-0.39, 0.29) is 31.1 Å². The molecular weight excluding hydrogens is 925 g/mol. The number of rotatable bonds is 53. The molecule has 0 aromatic heterocycles. The molecule has 6 heteroatoms. The Morgan fingerprint density at radius 2 is 0.520 bits per heavy atom. The average Bonchev–Trinajstić information content (AvgIpc) is 3.41. The lowest BCUT2D eigenvalue weighted by atomic mass is 10.1. The predicted molar refractivity (Wildman–Crippen MR) is 325 cm³/mol. The van der Waals surface area contributed by atoms with E-state index in [1.165, 1.54) is 38.5 Å². The minimum atomic E-state index is -0.793. The number of hydrogen-bond acceptors (Lipinski definition) is 6. The zero-order valence-corrected chi connectivity index (χ0v) is 48.3. The molecule has 0 aliphatic rings. The number of carbonyl (C=O) groups is 3. The van der Waals surface area contributed by atoms with Gasteiger partial charge in [-0.25, -0.2) is 0 Å². The fourth-order valence-electron chi connectivity index (χ4n) is 7.86. The van der Waals surface area contributed by atoms with Crippen LogP contribution >= 0.6 is 0 Å². The summed E-state index contributed by atoms with van der Waals surface area (Å²) in [5.74, 6) is -0.937. The zero-order chi connectivity index (χ0) is 54.3. The second-order valence-corrected chi connectivity index (χ2v) is 19.5. The Kier molecular flexibility index (Phi) is 58.0. The van der Waals surface area contributed by atoms with E-state index in [1.807, 2.05) is 0 Å². The van der Waals surface area contributed by atoms with E-state index in [2.05, 4.69) is 167 Å². The van der Waals surface area contributed by atoms with E-state index in [1.54, 1.807) is 0 Å². The third-order valence-electron chi connectivity index (χ3n) is 12.3. The molecule has 0 heterocycles. The fraction of sp³-hybridized carbons (Fsp3) is 0.609. The van der Waals surface area contributed by atoms with Crippen LogP contribution in [-0.4, -0.2) is 37.2 Å². The Hall–Kier alpha value is -4.71. The van der Waals surface area contributed by atoms with Gasteiger partial charge in [-0.3, -0.25) is 14.4 Å². The maximum Gasteiger partial charge on any atom is 0.306 e. The highest BCUT2D eigenvalue weighted by atomic mass is 16.6. The predicted octanol–water partition coefficient (Wildman–Crippen LogP) is 20.8. The molecule has 0 radical (unpaired) electrons. The minimum absolute atomic E-state index is 0.0923. The molecule has 75 heavy (non-hydrogen) atoms. The van der Waals surface area contributed by atoms with Crippen molar-refractivity contribution in [1.82, 2.24) is 0 Å². The smallest absolute Gasteiger partial charge is 0.306 e. The zero-order valence-electron chi connectivity index (χ0n) is 48.3. The van der Waals surface area contributed by atoms with Gasteiger partial charge in [-0.05, 0) is 122 Å². The van der Waals surface area contributed by atoms with E-state index >= 15 is 0 Å². The summed E-state index contributed by atoms with van der Waals surface area (Å²) in [6.45, 7) is 6.30. The molecule has 1 atom stereocenters. The lowest BCUT2D eigenvalue weighted by Crippen LogP contribution is -2.30. The SMILES string of the molecule is CC/C=C\C/C=C\C/C=C\C/C=C\C/C=C\C/C=C\C/C=C\CCCCCCCC(=O)OCC(COC(=O)CCCCCCC)OC(=O)CCCCCCCCCCC/C=C\C/C=C\C/C=C\C/C=C\C/C=C\CC. The molecule has 0 aliphatic heterocycles. The van der Waals surface area contributed by atoms with Crippen LogP contribution in [0.15, 0.2) is 146 Å². The van der Waals surface area contributed by atoms with Gasteiger partial charge in [-0.2, -0.15) is 0 Å². The van der Waals surface area contributed by atoms with Crippen molar-refractivity contribution in [1.29, 1.82) is 0 Å². The van der Waals surface area contributed by atoms with Crippen LogP contribution in [-0.2, 0) is 28.6 Å². The first kappa shape index (κ1) is 70.3. The highest BCUT2D eigenvalue weighted by Crippen LogP contribution is 2.14. The van der Waals surface area contributed by atoms with Gasteiger partial charge in [0.15, 0.2) is 6.10 Å². The quantitative estimate of drug-likeness (QED) is 0.0261. The van der Waals surface area contributed by atoms with Gasteiger partial charge in [0.2, 0.25) is 0 Å².